The second-order valence-corrected chi connectivity index (χ2v) is 8.62. The van der Waals surface area contributed by atoms with Crippen molar-refractivity contribution in [2.45, 2.75) is 57.8 Å². The quantitative estimate of drug-likeness (QED) is 0.694. The summed E-state index contributed by atoms with van der Waals surface area (Å²) in [5.74, 6) is 0.210. The molecule has 4 heteroatoms. The zero-order chi connectivity index (χ0) is 15.0. The predicted molar refractivity (Wildman–Crippen MR) is 78.1 cm³/mol. The third-order valence-corrected chi connectivity index (χ3v) is 6.43. The zero-order valence-corrected chi connectivity index (χ0v) is 13.3. The van der Waals surface area contributed by atoms with Crippen LogP contribution in [0, 0.1) is 11.3 Å². The molecule has 5 aliphatic rings. The lowest BCUT2D eigenvalue weighted by atomic mass is 9.68. The number of likely N-dealkylation sites (N-methyl/N-ethyl adjacent to an activating group) is 1. The molecule has 5 rings (SSSR count). The van der Waals surface area contributed by atoms with Crippen LogP contribution in [-0.4, -0.2) is 47.3 Å². The van der Waals surface area contributed by atoms with Gasteiger partial charge in [0.25, 0.3) is 5.79 Å². The summed E-state index contributed by atoms with van der Waals surface area (Å²) in [6, 6.07) is 0.0360. The third kappa shape index (κ3) is 1.78. The molecule has 0 radical (unpaired) electrons. The minimum atomic E-state index is -1.04. The first-order chi connectivity index (χ1) is 9.74. The van der Waals surface area contributed by atoms with Crippen molar-refractivity contribution in [3.8, 4) is 0 Å². The Balaban J connectivity index is 1.77. The third-order valence-electron chi connectivity index (χ3n) is 6.43. The number of quaternary nitrogens is 1. The molecule has 1 N–H and O–H groups in total. The van der Waals surface area contributed by atoms with Gasteiger partial charge < -0.3 is 14.3 Å². The summed E-state index contributed by atoms with van der Waals surface area (Å²) in [4.78, 5) is 12.5. The van der Waals surface area contributed by atoms with Crippen LogP contribution in [0.15, 0.2) is 11.3 Å². The van der Waals surface area contributed by atoms with Gasteiger partial charge in [-0.2, -0.15) is 0 Å². The van der Waals surface area contributed by atoms with Crippen LogP contribution >= 0.6 is 0 Å². The standard InChI is InChI=1S/C17H26NO3/c1-16(2)9-13(19)12-8-15-17(20,21-14(12)10-16)11-4-6-18(15,3)7-5-11/h11,15,20H,4-10H2,1-3H3/q+1/t11?,15-,17?,18?/m0/s1. The first-order valence-corrected chi connectivity index (χ1v) is 8.24. The molecule has 0 aromatic rings. The average Bonchev–Trinajstić information content (AvgIpc) is 2.35. The van der Waals surface area contributed by atoms with E-state index in [9.17, 15) is 9.90 Å². The Kier molecular flexibility index (Phi) is 2.56. The Bertz CT molecular complexity index is 542. The van der Waals surface area contributed by atoms with E-state index in [1.54, 1.807) is 0 Å². The van der Waals surface area contributed by atoms with Crippen LogP contribution in [-0.2, 0) is 9.53 Å². The predicted octanol–water partition coefficient (Wildman–Crippen LogP) is 1.98. The summed E-state index contributed by atoms with van der Waals surface area (Å²) >= 11 is 0. The van der Waals surface area contributed by atoms with Gasteiger partial charge in [0.15, 0.2) is 11.8 Å². The Morgan fingerprint density at radius 2 is 1.90 bits per heavy atom. The van der Waals surface area contributed by atoms with Crippen LogP contribution in [0.1, 0.15) is 46.0 Å². The maximum Gasteiger partial charge on any atom is 0.263 e. The first-order valence-electron chi connectivity index (χ1n) is 8.24. The molecular formula is C17H26NO3+. The molecule has 21 heavy (non-hydrogen) atoms. The summed E-state index contributed by atoms with van der Waals surface area (Å²) < 4.78 is 7.05. The Labute approximate surface area is 126 Å². The normalized spacial score (nSPS) is 47.7. The summed E-state index contributed by atoms with van der Waals surface area (Å²) in [5, 5.41) is 11.3. The number of ether oxygens (including phenoxy) is 1. The molecule has 3 saturated heterocycles. The SMILES string of the molecule is CC1(C)CC(=O)C2=C(C1)OC1(O)C3CC[N+](C)(CC3)[C@H]1C2. The van der Waals surface area contributed by atoms with Gasteiger partial charge in [0.1, 0.15) is 5.76 Å². The van der Waals surface area contributed by atoms with Gasteiger partial charge in [-0.15, -0.1) is 0 Å². The van der Waals surface area contributed by atoms with Crippen LogP contribution in [0.4, 0.5) is 0 Å². The highest BCUT2D eigenvalue weighted by Gasteiger charge is 2.65. The summed E-state index contributed by atoms with van der Waals surface area (Å²) in [6.07, 6.45) is 4.15. The highest BCUT2D eigenvalue weighted by Crippen LogP contribution is 2.53. The molecule has 2 atom stereocenters. The Morgan fingerprint density at radius 1 is 1.24 bits per heavy atom. The number of Topliss-reactive ketones (excluding diaryl/α,β-unsaturated/α-hetero) is 1. The topological polar surface area (TPSA) is 46.5 Å². The van der Waals surface area contributed by atoms with E-state index in [-0.39, 0.29) is 23.2 Å². The van der Waals surface area contributed by atoms with Crippen molar-refractivity contribution >= 4 is 5.78 Å². The van der Waals surface area contributed by atoms with E-state index in [1.165, 1.54) is 0 Å². The van der Waals surface area contributed by atoms with Gasteiger partial charge in [-0.25, -0.2) is 0 Å². The van der Waals surface area contributed by atoms with Crippen molar-refractivity contribution in [3.63, 3.8) is 0 Å². The molecule has 4 heterocycles. The van der Waals surface area contributed by atoms with E-state index in [0.717, 1.165) is 48.2 Å². The van der Waals surface area contributed by atoms with Gasteiger partial charge in [-0.05, 0) is 5.41 Å². The van der Waals surface area contributed by atoms with Gasteiger partial charge in [0, 0.05) is 43.6 Å². The van der Waals surface area contributed by atoms with Crippen molar-refractivity contribution in [1.29, 1.82) is 0 Å². The van der Waals surface area contributed by atoms with Crippen LogP contribution < -0.4 is 0 Å². The molecular weight excluding hydrogens is 266 g/mol. The van der Waals surface area contributed by atoms with Crippen LogP contribution in [0.5, 0.6) is 0 Å². The lowest BCUT2D eigenvalue weighted by Gasteiger charge is -2.61. The van der Waals surface area contributed by atoms with Crippen molar-refractivity contribution in [2.75, 3.05) is 20.1 Å². The molecule has 4 aliphatic heterocycles. The Hall–Kier alpha value is -0.870. The molecule has 2 bridgehead atoms. The molecule has 1 unspecified atom stereocenters. The lowest BCUT2D eigenvalue weighted by Crippen LogP contribution is -2.75. The second kappa shape index (κ2) is 3.90. The minimum Gasteiger partial charge on any atom is -0.460 e. The van der Waals surface area contributed by atoms with Crippen molar-refractivity contribution in [2.24, 2.45) is 11.3 Å². The van der Waals surface area contributed by atoms with Crippen LogP contribution in [0.3, 0.4) is 0 Å². The van der Waals surface area contributed by atoms with E-state index in [4.69, 9.17) is 4.74 Å². The van der Waals surface area contributed by atoms with Gasteiger partial charge in [0.2, 0.25) is 0 Å². The molecule has 3 fully saturated rings. The van der Waals surface area contributed by atoms with Crippen LogP contribution in [0.2, 0.25) is 0 Å². The van der Waals surface area contributed by atoms with E-state index < -0.39 is 5.79 Å². The number of piperidine rings is 3. The van der Waals surface area contributed by atoms with Crippen molar-refractivity contribution < 1.29 is 19.1 Å². The fraction of sp³-hybridized carbons (Fsp3) is 0.824. The number of hydrogen-bond donors (Lipinski definition) is 1. The fourth-order valence-electron chi connectivity index (χ4n) is 5.14. The highest BCUT2D eigenvalue weighted by molar-refractivity contribution is 5.97. The van der Waals surface area contributed by atoms with Gasteiger partial charge in [-0.1, -0.05) is 13.8 Å². The largest absolute Gasteiger partial charge is 0.460 e. The zero-order valence-electron chi connectivity index (χ0n) is 13.3. The average molecular weight is 292 g/mol. The smallest absolute Gasteiger partial charge is 0.263 e. The van der Waals surface area contributed by atoms with E-state index >= 15 is 0 Å². The molecule has 0 saturated carbocycles. The monoisotopic (exact) mass is 292 g/mol. The number of fused-ring (bicyclic) bond motifs is 2. The van der Waals surface area contributed by atoms with Crippen LogP contribution in [0.25, 0.3) is 0 Å². The molecule has 4 nitrogen and oxygen atoms in total. The number of nitrogens with zero attached hydrogens (tertiary/aromatic N) is 1. The van der Waals surface area contributed by atoms with Crippen molar-refractivity contribution in [3.05, 3.63) is 11.3 Å². The summed E-state index contributed by atoms with van der Waals surface area (Å²) in [5.41, 5.74) is 0.821. The maximum atomic E-state index is 12.5. The lowest BCUT2D eigenvalue weighted by molar-refractivity contribution is -0.963. The molecule has 0 amide bonds. The fourth-order valence-corrected chi connectivity index (χ4v) is 5.14. The van der Waals surface area contributed by atoms with E-state index in [2.05, 4.69) is 20.9 Å². The summed E-state index contributed by atoms with van der Waals surface area (Å²) in [7, 11) is 2.22. The maximum absolute atomic E-state index is 12.5. The highest BCUT2D eigenvalue weighted by atomic mass is 16.6. The molecule has 0 aromatic heterocycles. The number of allylic oxidation sites excluding steroid dienone is 1. The number of ketones is 1. The molecule has 116 valence electrons. The number of hydrogen-bond acceptors (Lipinski definition) is 3. The number of carbonyl (C=O) groups excluding carboxylic acids is 1. The van der Waals surface area contributed by atoms with Gasteiger partial charge >= 0.3 is 0 Å². The van der Waals surface area contributed by atoms with E-state index in [0.29, 0.717) is 12.8 Å². The second-order valence-electron chi connectivity index (χ2n) is 8.62. The number of rotatable bonds is 0. The summed E-state index contributed by atoms with van der Waals surface area (Å²) in [6.45, 7) is 6.42. The number of carbonyl (C=O) groups is 1. The molecule has 0 spiro atoms. The van der Waals surface area contributed by atoms with Gasteiger partial charge in [0.05, 0.1) is 20.1 Å². The number of aliphatic hydroxyl groups is 1. The van der Waals surface area contributed by atoms with Crippen molar-refractivity contribution in [1.82, 2.24) is 0 Å². The van der Waals surface area contributed by atoms with E-state index in [1.807, 2.05) is 0 Å². The minimum absolute atomic E-state index is 0.0360. The molecule has 0 aromatic carbocycles. The molecule has 1 aliphatic carbocycles. The van der Waals surface area contributed by atoms with Gasteiger partial charge in [-0.3, -0.25) is 4.79 Å². The first kappa shape index (κ1) is 13.8. The Morgan fingerprint density at radius 3 is 2.57 bits per heavy atom.